The molecule has 1 amide bonds. The summed E-state index contributed by atoms with van der Waals surface area (Å²) in [5.41, 5.74) is 1.58. The van der Waals surface area contributed by atoms with Crippen LogP contribution in [0.2, 0.25) is 0 Å². The minimum absolute atomic E-state index is 0.320. The number of aryl methyl sites for hydroxylation is 2. The lowest BCUT2D eigenvalue weighted by Crippen LogP contribution is -2.33. The maximum atomic E-state index is 11.8. The molecule has 0 saturated carbocycles. The summed E-state index contributed by atoms with van der Waals surface area (Å²) in [7, 11) is 0. The quantitative estimate of drug-likeness (QED) is 0.708. The molecule has 0 aliphatic carbocycles. The lowest BCUT2D eigenvalue weighted by Gasteiger charge is -2.12. The highest BCUT2D eigenvalue weighted by molar-refractivity contribution is 5.85. The van der Waals surface area contributed by atoms with Crippen molar-refractivity contribution in [2.45, 2.75) is 33.1 Å². The molecule has 0 bridgehead atoms. The Bertz CT molecular complexity index is 839. The van der Waals surface area contributed by atoms with Crippen LogP contribution >= 0.6 is 0 Å². The number of amides is 1. The predicted octanol–water partition coefficient (Wildman–Crippen LogP) is 2.02. The fourth-order valence-electron chi connectivity index (χ4n) is 2.51. The van der Waals surface area contributed by atoms with Crippen LogP contribution in [-0.4, -0.2) is 30.1 Å². The number of carbonyl (C=O) groups excluding carboxylic acids is 1. The van der Waals surface area contributed by atoms with E-state index in [0.717, 1.165) is 30.2 Å². The number of carbonyl (C=O) groups is 2. The highest BCUT2D eigenvalue weighted by atomic mass is 16.5. The summed E-state index contributed by atoms with van der Waals surface area (Å²) in [6, 6.07) is 5.04. The molecule has 0 unspecified atom stereocenters. The SMILES string of the molecule is CCCCc1cc(=O)oc2c(C)c(OCC(=O)NCC(=O)O)ccc12. The highest BCUT2D eigenvalue weighted by Gasteiger charge is 2.13. The average Bonchev–Trinajstić information content (AvgIpc) is 2.57. The molecular formula is C18H21NO6. The van der Waals surface area contributed by atoms with Crippen molar-refractivity contribution in [2.24, 2.45) is 0 Å². The normalized spacial score (nSPS) is 10.6. The molecule has 1 heterocycles. The van der Waals surface area contributed by atoms with E-state index >= 15 is 0 Å². The minimum Gasteiger partial charge on any atom is -0.483 e. The molecule has 1 aromatic carbocycles. The lowest BCUT2D eigenvalue weighted by atomic mass is 10.0. The second kappa shape index (κ2) is 8.32. The van der Waals surface area contributed by atoms with Gasteiger partial charge in [-0.2, -0.15) is 0 Å². The third kappa shape index (κ3) is 4.82. The van der Waals surface area contributed by atoms with Gasteiger partial charge >= 0.3 is 11.6 Å². The summed E-state index contributed by atoms with van der Waals surface area (Å²) in [5, 5.41) is 11.6. The molecule has 134 valence electrons. The van der Waals surface area contributed by atoms with Crippen molar-refractivity contribution < 1.29 is 23.8 Å². The number of carboxylic acids is 1. The van der Waals surface area contributed by atoms with Crippen LogP contribution in [0.5, 0.6) is 5.75 Å². The van der Waals surface area contributed by atoms with Gasteiger partial charge in [-0.05, 0) is 37.5 Å². The summed E-state index contributed by atoms with van der Waals surface area (Å²) in [4.78, 5) is 33.8. The maximum Gasteiger partial charge on any atom is 0.336 e. The van der Waals surface area contributed by atoms with Gasteiger partial charge in [-0.25, -0.2) is 4.79 Å². The van der Waals surface area contributed by atoms with Gasteiger partial charge in [-0.1, -0.05) is 13.3 Å². The summed E-state index contributed by atoms with van der Waals surface area (Å²) < 4.78 is 10.8. The number of ether oxygens (including phenoxy) is 1. The Kier molecular flexibility index (Phi) is 6.16. The van der Waals surface area contributed by atoms with Crippen molar-refractivity contribution in [2.75, 3.05) is 13.2 Å². The summed E-state index contributed by atoms with van der Waals surface area (Å²) in [6.07, 6.45) is 2.78. The molecular weight excluding hydrogens is 326 g/mol. The Morgan fingerprint density at radius 1 is 1.32 bits per heavy atom. The third-order valence-electron chi connectivity index (χ3n) is 3.79. The van der Waals surface area contributed by atoms with Crippen molar-refractivity contribution in [3.05, 3.63) is 39.7 Å². The smallest absolute Gasteiger partial charge is 0.336 e. The first-order valence-corrected chi connectivity index (χ1v) is 8.10. The number of unbranched alkanes of at least 4 members (excludes halogenated alkanes) is 1. The molecule has 0 aliphatic heterocycles. The van der Waals surface area contributed by atoms with E-state index in [-0.39, 0.29) is 6.61 Å². The third-order valence-corrected chi connectivity index (χ3v) is 3.79. The van der Waals surface area contributed by atoms with Gasteiger partial charge in [0.15, 0.2) is 6.61 Å². The van der Waals surface area contributed by atoms with E-state index in [1.807, 2.05) is 0 Å². The zero-order valence-corrected chi connectivity index (χ0v) is 14.3. The summed E-state index contributed by atoms with van der Waals surface area (Å²) >= 11 is 0. The number of rotatable bonds is 8. The molecule has 25 heavy (non-hydrogen) atoms. The molecule has 2 N–H and O–H groups in total. The van der Waals surface area contributed by atoms with Crippen molar-refractivity contribution in [3.8, 4) is 5.75 Å². The number of hydrogen-bond donors (Lipinski definition) is 2. The first-order valence-electron chi connectivity index (χ1n) is 8.10. The molecule has 0 radical (unpaired) electrons. The van der Waals surface area contributed by atoms with Crippen LogP contribution in [0.4, 0.5) is 0 Å². The number of aliphatic carboxylic acids is 1. The summed E-state index contributed by atoms with van der Waals surface area (Å²) in [6.45, 7) is 3.05. The molecule has 2 rings (SSSR count). The first-order chi connectivity index (χ1) is 11.9. The van der Waals surface area contributed by atoms with Gasteiger partial charge in [0.05, 0.1) is 0 Å². The van der Waals surface area contributed by atoms with E-state index in [4.69, 9.17) is 14.3 Å². The Morgan fingerprint density at radius 3 is 2.76 bits per heavy atom. The molecule has 0 saturated heterocycles. The Labute approximate surface area is 144 Å². The number of benzene rings is 1. The van der Waals surface area contributed by atoms with E-state index < -0.39 is 24.0 Å². The van der Waals surface area contributed by atoms with Gasteiger partial charge in [-0.3, -0.25) is 9.59 Å². The van der Waals surface area contributed by atoms with Crippen LogP contribution < -0.4 is 15.7 Å². The van der Waals surface area contributed by atoms with E-state index in [1.54, 1.807) is 19.1 Å². The molecule has 0 spiro atoms. The molecule has 0 fully saturated rings. The van der Waals surface area contributed by atoms with E-state index in [1.165, 1.54) is 6.07 Å². The Balaban J connectivity index is 2.22. The van der Waals surface area contributed by atoms with Gasteiger partial charge in [-0.15, -0.1) is 0 Å². The predicted molar refractivity (Wildman–Crippen MR) is 92.0 cm³/mol. The van der Waals surface area contributed by atoms with Gasteiger partial charge in [0, 0.05) is 17.0 Å². The van der Waals surface area contributed by atoms with Crippen molar-refractivity contribution in [1.82, 2.24) is 5.32 Å². The zero-order chi connectivity index (χ0) is 18.4. The lowest BCUT2D eigenvalue weighted by molar-refractivity contribution is -0.138. The van der Waals surface area contributed by atoms with E-state index in [2.05, 4.69) is 12.2 Å². The number of nitrogens with one attached hydrogen (secondary N) is 1. The standard InChI is InChI=1S/C18H21NO6/c1-3-4-5-12-8-17(23)25-18-11(2)14(7-6-13(12)18)24-10-15(20)19-9-16(21)22/h6-8H,3-5,9-10H2,1-2H3,(H,19,20)(H,21,22). The molecule has 7 nitrogen and oxygen atoms in total. The van der Waals surface area contributed by atoms with Crippen LogP contribution in [0.25, 0.3) is 11.0 Å². The van der Waals surface area contributed by atoms with Crippen molar-refractivity contribution in [1.29, 1.82) is 0 Å². The average molecular weight is 347 g/mol. The minimum atomic E-state index is -1.13. The van der Waals surface area contributed by atoms with Crippen molar-refractivity contribution >= 4 is 22.8 Å². The van der Waals surface area contributed by atoms with Crippen LogP contribution in [0, 0.1) is 6.92 Å². The van der Waals surface area contributed by atoms with Crippen LogP contribution in [-0.2, 0) is 16.0 Å². The fourth-order valence-corrected chi connectivity index (χ4v) is 2.51. The van der Waals surface area contributed by atoms with Gasteiger partial charge in [0.2, 0.25) is 0 Å². The van der Waals surface area contributed by atoms with Gasteiger partial charge < -0.3 is 19.6 Å². The second-order valence-electron chi connectivity index (χ2n) is 5.72. The molecule has 1 aromatic heterocycles. The van der Waals surface area contributed by atoms with Crippen LogP contribution in [0.15, 0.2) is 27.4 Å². The van der Waals surface area contributed by atoms with Crippen LogP contribution in [0.3, 0.4) is 0 Å². The largest absolute Gasteiger partial charge is 0.483 e. The fraction of sp³-hybridized carbons (Fsp3) is 0.389. The van der Waals surface area contributed by atoms with E-state index in [0.29, 0.717) is 16.9 Å². The monoisotopic (exact) mass is 347 g/mol. The number of fused-ring (bicyclic) bond motifs is 1. The van der Waals surface area contributed by atoms with E-state index in [9.17, 15) is 14.4 Å². The highest BCUT2D eigenvalue weighted by Crippen LogP contribution is 2.29. The molecule has 7 heteroatoms. The maximum absolute atomic E-state index is 11.8. The summed E-state index contributed by atoms with van der Waals surface area (Å²) in [5.74, 6) is -1.26. The topological polar surface area (TPSA) is 106 Å². The molecule has 0 aliphatic rings. The van der Waals surface area contributed by atoms with Crippen molar-refractivity contribution in [3.63, 3.8) is 0 Å². The van der Waals surface area contributed by atoms with Crippen LogP contribution in [0.1, 0.15) is 30.9 Å². The molecule has 0 atom stereocenters. The zero-order valence-electron chi connectivity index (χ0n) is 14.3. The molecule has 2 aromatic rings. The first kappa shape index (κ1) is 18.5. The van der Waals surface area contributed by atoms with Gasteiger partial charge in [0.1, 0.15) is 17.9 Å². The van der Waals surface area contributed by atoms with Gasteiger partial charge in [0.25, 0.3) is 5.91 Å². The Morgan fingerprint density at radius 2 is 2.08 bits per heavy atom. The Hall–Kier alpha value is -2.83. The second-order valence-corrected chi connectivity index (χ2v) is 5.72. The number of carboxylic acid groups (broad SMARTS) is 1. The number of hydrogen-bond acceptors (Lipinski definition) is 5.